The molecule has 1 saturated carbocycles. The van der Waals surface area contributed by atoms with Gasteiger partial charge in [-0.15, -0.1) is 0 Å². The van der Waals surface area contributed by atoms with Gasteiger partial charge in [-0.05, 0) is 44.2 Å². The molecule has 0 atom stereocenters. The molecule has 0 aromatic heterocycles. The largest absolute Gasteiger partial charge is 0.507 e. The number of phenolic OH excluding ortho intramolecular Hbond substituents is 1. The molecule has 2 rings (SSSR count). The molecule has 0 saturated heterocycles. The number of carbonyl (C=O) groups excluding carboxylic acids is 1. The number of hydrogen-bond donors (Lipinski definition) is 1. The van der Waals surface area contributed by atoms with E-state index in [1.807, 2.05) is 6.07 Å². The molecule has 1 aliphatic rings. The zero-order valence-electron chi connectivity index (χ0n) is 9.62. The summed E-state index contributed by atoms with van der Waals surface area (Å²) in [5, 5.41) is 10.00. The number of hydrogen-bond acceptors (Lipinski definition) is 3. The predicted octanol–water partition coefficient (Wildman–Crippen LogP) is 2.75. The molecule has 0 unspecified atom stereocenters. The molecule has 0 radical (unpaired) electrons. The molecule has 0 aliphatic heterocycles. The van der Waals surface area contributed by atoms with Crippen molar-refractivity contribution in [1.29, 1.82) is 0 Å². The number of phenols is 1. The summed E-state index contributed by atoms with van der Waals surface area (Å²) in [4.78, 5) is 11.6. The highest BCUT2D eigenvalue weighted by Crippen LogP contribution is 2.45. The van der Waals surface area contributed by atoms with Gasteiger partial charge in [-0.25, -0.2) is 4.79 Å². The fraction of sp³-hybridized carbons (Fsp3) is 0.462. The maximum absolute atomic E-state index is 11.6. The Kier molecular flexibility index (Phi) is 2.86. The van der Waals surface area contributed by atoms with Crippen molar-refractivity contribution in [3.8, 4) is 5.75 Å². The Hall–Kier alpha value is -1.51. The summed E-state index contributed by atoms with van der Waals surface area (Å²) in [6.45, 7) is 3.88. The summed E-state index contributed by atoms with van der Waals surface area (Å²) in [5.41, 5.74) is 2.05. The number of aromatic hydroxyl groups is 1. The van der Waals surface area contributed by atoms with E-state index in [2.05, 4.69) is 0 Å². The monoisotopic (exact) mass is 220 g/mol. The van der Waals surface area contributed by atoms with Crippen molar-refractivity contribution in [2.24, 2.45) is 0 Å². The van der Waals surface area contributed by atoms with Gasteiger partial charge < -0.3 is 9.84 Å². The highest BCUT2D eigenvalue weighted by molar-refractivity contribution is 5.92. The van der Waals surface area contributed by atoms with Gasteiger partial charge in [0.1, 0.15) is 5.75 Å². The third-order valence-electron chi connectivity index (χ3n) is 2.97. The number of ether oxygens (including phenoxy) is 1. The first-order chi connectivity index (χ1) is 7.65. The number of esters is 1. The molecule has 3 nitrogen and oxygen atoms in total. The lowest BCUT2D eigenvalue weighted by molar-refractivity contribution is 0.0525. The van der Waals surface area contributed by atoms with Gasteiger partial charge >= 0.3 is 5.97 Å². The molecule has 0 spiro atoms. The summed E-state index contributed by atoms with van der Waals surface area (Å²) < 4.78 is 4.93. The second-order valence-electron chi connectivity index (χ2n) is 4.17. The van der Waals surface area contributed by atoms with Crippen molar-refractivity contribution in [3.05, 3.63) is 28.8 Å². The zero-order chi connectivity index (χ0) is 11.7. The second kappa shape index (κ2) is 4.16. The van der Waals surface area contributed by atoms with E-state index in [4.69, 9.17) is 4.74 Å². The van der Waals surface area contributed by atoms with Gasteiger partial charge in [-0.3, -0.25) is 0 Å². The second-order valence-corrected chi connectivity index (χ2v) is 4.17. The van der Waals surface area contributed by atoms with E-state index in [9.17, 15) is 9.90 Å². The average molecular weight is 220 g/mol. The van der Waals surface area contributed by atoms with Crippen molar-refractivity contribution in [2.45, 2.75) is 32.6 Å². The molecule has 0 amide bonds. The van der Waals surface area contributed by atoms with E-state index < -0.39 is 0 Å². The maximum Gasteiger partial charge on any atom is 0.338 e. The van der Waals surface area contributed by atoms with Crippen molar-refractivity contribution < 1.29 is 14.6 Å². The third-order valence-corrected chi connectivity index (χ3v) is 2.97. The van der Waals surface area contributed by atoms with E-state index in [-0.39, 0.29) is 11.7 Å². The van der Waals surface area contributed by atoms with Crippen molar-refractivity contribution >= 4 is 5.97 Å². The maximum atomic E-state index is 11.6. The molecule has 0 heterocycles. The minimum Gasteiger partial charge on any atom is -0.507 e. The first-order valence-electron chi connectivity index (χ1n) is 5.64. The molecule has 16 heavy (non-hydrogen) atoms. The van der Waals surface area contributed by atoms with E-state index >= 15 is 0 Å². The summed E-state index contributed by atoms with van der Waals surface area (Å²) in [6, 6.07) is 3.59. The Labute approximate surface area is 95.0 Å². The van der Waals surface area contributed by atoms with Crippen LogP contribution in [0.2, 0.25) is 0 Å². The van der Waals surface area contributed by atoms with Gasteiger partial charge in [-0.2, -0.15) is 0 Å². The lowest BCUT2D eigenvalue weighted by atomic mass is 10.0. The first-order valence-corrected chi connectivity index (χ1v) is 5.64. The Morgan fingerprint density at radius 1 is 1.50 bits per heavy atom. The standard InChI is InChI=1S/C13H16O3/c1-3-16-13(15)10-6-7-11(9-4-5-9)12(14)8(10)2/h6-7,9,14H,3-5H2,1-2H3. The Morgan fingerprint density at radius 2 is 2.19 bits per heavy atom. The van der Waals surface area contributed by atoms with E-state index in [1.54, 1.807) is 19.9 Å². The molecule has 3 heteroatoms. The summed E-state index contributed by atoms with van der Waals surface area (Å²) in [6.07, 6.45) is 2.26. The number of rotatable bonds is 3. The predicted molar refractivity (Wildman–Crippen MR) is 60.8 cm³/mol. The lowest BCUT2D eigenvalue weighted by Crippen LogP contribution is -2.07. The van der Waals surface area contributed by atoms with Crippen molar-refractivity contribution in [2.75, 3.05) is 6.61 Å². The van der Waals surface area contributed by atoms with Crippen LogP contribution in [0, 0.1) is 6.92 Å². The van der Waals surface area contributed by atoms with Gasteiger partial charge in [0.05, 0.1) is 12.2 Å². The number of carbonyl (C=O) groups is 1. The van der Waals surface area contributed by atoms with Crippen molar-refractivity contribution in [3.63, 3.8) is 0 Å². The van der Waals surface area contributed by atoms with E-state index in [1.165, 1.54) is 0 Å². The first kappa shape index (κ1) is 11.0. The molecule has 1 aliphatic carbocycles. The Balaban J connectivity index is 2.34. The Morgan fingerprint density at radius 3 is 2.75 bits per heavy atom. The van der Waals surface area contributed by atoms with Gasteiger partial charge in [0.2, 0.25) is 0 Å². The minimum absolute atomic E-state index is 0.257. The fourth-order valence-corrected chi connectivity index (χ4v) is 1.87. The molecule has 86 valence electrons. The molecule has 1 N–H and O–H groups in total. The normalized spacial score (nSPS) is 14.9. The van der Waals surface area contributed by atoms with Crippen LogP contribution in [-0.2, 0) is 4.74 Å². The van der Waals surface area contributed by atoms with Gasteiger partial charge in [0.25, 0.3) is 0 Å². The SMILES string of the molecule is CCOC(=O)c1ccc(C2CC2)c(O)c1C. The summed E-state index contributed by atoms with van der Waals surface area (Å²) in [7, 11) is 0. The van der Waals surface area contributed by atoms with Crippen LogP contribution in [0.3, 0.4) is 0 Å². The van der Waals surface area contributed by atoms with Gasteiger partial charge in [0, 0.05) is 5.56 Å². The highest BCUT2D eigenvalue weighted by atomic mass is 16.5. The average Bonchev–Trinajstić information content (AvgIpc) is 3.06. The summed E-state index contributed by atoms with van der Waals surface area (Å²) in [5.74, 6) is 0.376. The van der Waals surface area contributed by atoms with Crippen LogP contribution < -0.4 is 0 Å². The summed E-state index contributed by atoms with van der Waals surface area (Å²) >= 11 is 0. The molecule has 1 aromatic rings. The van der Waals surface area contributed by atoms with Crippen molar-refractivity contribution in [1.82, 2.24) is 0 Å². The van der Waals surface area contributed by atoms with E-state index in [0.29, 0.717) is 23.7 Å². The quantitative estimate of drug-likeness (QED) is 0.797. The third kappa shape index (κ3) is 1.90. The zero-order valence-corrected chi connectivity index (χ0v) is 9.62. The van der Waals surface area contributed by atoms with Gasteiger partial charge in [0.15, 0.2) is 0 Å². The van der Waals surface area contributed by atoms with Crippen LogP contribution in [0.4, 0.5) is 0 Å². The topological polar surface area (TPSA) is 46.5 Å². The minimum atomic E-state index is -0.363. The molecule has 1 fully saturated rings. The Bertz CT molecular complexity index is 419. The van der Waals surface area contributed by atoms with Crippen LogP contribution in [0.15, 0.2) is 12.1 Å². The molecule has 1 aromatic carbocycles. The number of benzene rings is 1. The van der Waals surface area contributed by atoms with E-state index in [0.717, 1.165) is 18.4 Å². The molecular weight excluding hydrogens is 204 g/mol. The van der Waals surface area contributed by atoms with Crippen LogP contribution in [0.5, 0.6) is 5.75 Å². The fourth-order valence-electron chi connectivity index (χ4n) is 1.87. The van der Waals surface area contributed by atoms with Crippen LogP contribution in [-0.4, -0.2) is 17.7 Å². The molecule has 0 bridgehead atoms. The van der Waals surface area contributed by atoms with Crippen LogP contribution in [0.25, 0.3) is 0 Å². The highest BCUT2D eigenvalue weighted by Gasteiger charge is 2.28. The lowest BCUT2D eigenvalue weighted by Gasteiger charge is -2.10. The van der Waals surface area contributed by atoms with Gasteiger partial charge in [-0.1, -0.05) is 6.07 Å². The van der Waals surface area contributed by atoms with Crippen LogP contribution >= 0.6 is 0 Å². The molecular formula is C13H16O3. The smallest absolute Gasteiger partial charge is 0.338 e. The van der Waals surface area contributed by atoms with Crippen LogP contribution in [0.1, 0.15) is 47.2 Å².